The minimum absolute atomic E-state index is 1.05. The SMILES string of the molecule is Cc1nc2ccccc2cc1-c1ccc2c3c1ccc1ccc4cccc-2c4c13. The lowest BCUT2D eigenvalue weighted by Crippen LogP contribution is -1.91. The first-order valence-corrected chi connectivity index (χ1v) is 10.1. The van der Waals surface area contributed by atoms with E-state index in [2.05, 4.69) is 91.9 Å². The Labute approximate surface area is 168 Å². The normalized spacial score (nSPS) is 12.3. The molecule has 0 amide bonds. The van der Waals surface area contributed by atoms with Crippen LogP contribution in [0, 0.1) is 6.92 Å². The summed E-state index contributed by atoms with van der Waals surface area (Å²) in [5.41, 5.74) is 7.34. The summed E-state index contributed by atoms with van der Waals surface area (Å²) in [6.07, 6.45) is 0. The third-order valence-electron chi connectivity index (χ3n) is 6.50. The predicted octanol–water partition coefficient (Wildman–Crippen LogP) is 7.65. The molecule has 0 spiro atoms. The molecule has 1 aliphatic rings. The van der Waals surface area contributed by atoms with E-state index in [0.29, 0.717) is 0 Å². The standard InChI is InChI=1S/C28H17N/c1-16-24(15-19-5-2-3-8-25(19)29-16)20-13-14-23-21-7-4-6-17-9-10-18-11-12-22(20)28(23)27(18)26(17)21/h2-15H,1H3. The molecular formula is C28H17N. The summed E-state index contributed by atoms with van der Waals surface area (Å²) in [7, 11) is 0. The molecule has 0 aliphatic heterocycles. The highest BCUT2D eigenvalue weighted by molar-refractivity contribution is 6.34. The number of rotatable bonds is 1. The van der Waals surface area contributed by atoms with Crippen molar-refractivity contribution in [1.82, 2.24) is 4.98 Å². The van der Waals surface area contributed by atoms with Crippen LogP contribution in [0.5, 0.6) is 0 Å². The van der Waals surface area contributed by atoms with Crippen molar-refractivity contribution in [2.45, 2.75) is 6.92 Å². The van der Waals surface area contributed by atoms with Crippen molar-refractivity contribution < 1.29 is 0 Å². The largest absolute Gasteiger partial charge is 0.252 e. The van der Waals surface area contributed by atoms with E-state index in [1.165, 1.54) is 60.0 Å². The van der Waals surface area contributed by atoms with Gasteiger partial charge in [-0.1, -0.05) is 72.8 Å². The second-order valence-electron chi connectivity index (χ2n) is 8.03. The van der Waals surface area contributed by atoms with Crippen molar-refractivity contribution in [3.63, 3.8) is 0 Å². The molecule has 0 atom stereocenters. The van der Waals surface area contributed by atoms with Crippen LogP contribution in [-0.4, -0.2) is 4.98 Å². The van der Waals surface area contributed by atoms with Crippen LogP contribution in [0.1, 0.15) is 5.69 Å². The fourth-order valence-electron chi connectivity index (χ4n) is 5.21. The van der Waals surface area contributed by atoms with Gasteiger partial charge in [-0.3, -0.25) is 4.98 Å². The second kappa shape index (κ2) is 5.21. The number of aromatic nitrogens is 1. The van der Waals surface area contributed by atoms with E-state index in [9.17, 15) is 0 Å². The van der Waals surface area contributed by atoms with Gasteiger partial charge in [0.15, 0.2) is 0 Å². The van der Waals surface area contributed by atoms with Crippen LogP contribution < -0.4 is 0 Å². The third-order valence-corrected chi connectivity index (χ3v) is 6.50. The second-order valence-corrected chi connectivity index (χ2v) is 8.03. The first-order chi connectivity index (χ1) is 14.3. The number of fused-ring (bicyclic) bond motifs is 2. The molecular weight excluding hydrogens is 350 g/mol. The zero-order chi connectivity index (χ0) is 19.1. The zero-order valence-corrected chi connectivity index (χ0v) is 16.0. The molecule has 1 heterocycles. The summed E-state index contributed by atoms with van der Waals surface area (Å²) in [5.74, 6) is 0. The molecule has 6 aromatic rings. The summed E-state index contributed by atoms with van der Waals surface area (Å²) < 4.78 is 0. The van der Waals surface area contributed by atoms with Crippen molar-refractivity contribution >= 4 is 43.2 Å². The van der Waals surface area contributed by atoms with E-state index >= 15 is 0 Å². The highest BCUT2D eigenvalue weighted by atomic mass is 14.7. The molecule has 0 unspecified atom stereocenters. The average Bonchev–Trinajstić information content (AvgIpc) is 3.11. The summed E-state index contributed by atoms with van der Waals surface area (Å²) in [5, 5.41) is 9.34. The number of para-hydroxylation sites is 1. The first kappa shape index (κ1) is 15.2. The van der Waals surface area contributed by atoms with Gasteiger partial charge >= 0.3 is 0 Å². The number of hydrogen-bond donors (Lipinski definition) is 0. The number of hydrogen-bond acceptors (Lipinski definition) is 1. The van der Waals surface area contributed by atoms with E-state index in [1.54, 1.807) is 0 Å². The molecule has 1 aliphatic carbocycles. The van der Waals surface area contributed by atoms with Crippen LogP contribution in [0.15, 0.2) is 84.9 Å². The highest BCUT2D eigenvalue weighted by Crippen LogP contribution is 2.49. The molecule has 1 aromatic heterocycles. The molecule has 0 radical (unpaired) electrons. The molecule has 29 heavy (non-hydrogen) atoms. The molecule has 7 rings (SSSR count). The fraction of sp³-hybridized carbons (Fsp3) is 0.0357. The zero-order valence-electron chi connectivity index (χ0n) is 16.0. The van der Waals surface area contributed by atoms with Gasteiger partial charge < -0.3 is 0 Å². The average molecular weight is 367 g/mol. The van der Waals surface area contributed by atoms with Crippen molar-refractivity contribution in [1.29, 1.82) is 0 Å². The van der Waals surface area contributed by atoms with Gasteiger partial charge in [0.25, 0.3) is 0 Å². The molecule has 0 fully saturated rings. The van der Waals surface area contributed by atoms with Crippen LogP contribution in [0.25, 0.3) is 65.5 Å². The summed E-state index contributed by atoms with van der Waals surface area (Å²) in [6.45, 7) is 2.12. The van der Waals surface area contributed by atoms with Gasteiger partial charge in [-0.25, -0.2) is 0 Å². The summed E-state index contributed by atoms with van der Waals surface area (Å²) in [6, 6.07) is 31.0. The Kier molecular flexibility index (Phi) is 2.74. The van der Waals surface area contributed by atoms with Gasteiger partial charge in [0.2, 0.25) is 0 Å². The van der Waals surface area contributed by atoms with Gasteiger partial charge in [-0.2, -0.15) is 0 Å². The van der Waals surface area contributed by atoms with Gasteiger partial charge in [-0.15, -0.1) is 0 Å². The van der Waals surface area contributed by atoms with Crippen LogP contribution in [0.2, 0.25) is 0 Å². The van der Waals surface area contributed by atoms with Gasteiger partial charge in [0, 0.05) is 16.6 Å². The fourth-order valence-corrected chi connectivity index (χ4v) is 5.21. The van der Waals surface area contributed by atoms with Gasteiger partial charge in [0.1, 0.15) is 0 Å². The molecule has 0 saturated heterocycles. The summed E-state index contributed by atoms with van der Waals surface area (Å²) in [4.78, 5) is 4.89. The monoisotopic (exact) mass is 367 g/mol. The number of pyridine rings is 1. The highest BCUT2D eigenvalue weighted by Gasteiger charge is 2.22. The maximum atomic E-state index is 4.89. The van der Waals surface area contributed by atoms with Crippen LogP contribution in [0.4, 0.5) is 0 Å². The Morgan fingerprint density at radius 2 is 1.24 bits per heavy atom. The lowest BCUT2D eigenvalue weighted by Gasteiger charge is -2.13. The molecule has 1 nitrogen and oxygen atoms in total. The molecule has 5 aromatic carbocycles. The predicted molar refractivity (Wildman–Crippen MR) is 123 cm³/mol. The Morgan fingerprint density at radius 3 is 2.17 bits per heavy atom. The van der Waals surface area contributed by atoms with Crippen LogP contribution in [-0.2, 0) is 0 Å². The van der Waals surface area contributed by atoms with E-state index in [4.69, 9.17) is 4.98 Å². The van der Waals surface area contributed by atoms with Gasteiger partial charge in [0.05, 0.1) is 5.52 Å². The molecule has 1 heteroatoms. The Morgan fingerprint density at radius 1 is 0.517 bits per heavy atom. The number of benzene rings is 5. The Bertz CT molecular complexity index is 1660. The molecule has 0 bridgehead atoms. The number of aryl methyl sites for hydroxylation is 1. The minimum Gasteiger partial charge on any atom is -0.252 e. The van der Waals surface area contributed by atoms with Crippen molar-refractivity contribution in [3.05, 3.63) is 90.6 Å². The van der Waals surface area contributed by atoms with E-state index < -0.39 is 0 Å². The Balaban J connectivity index is 1.65. The third kappa shape index (κ3) is 1.87. The maximum absolute atomic E-state index is 4.89. The lowest BCUT2D eigenvalue weighted by atomic mass is 9.92. The smallest absolute Gasteiger partial charge is 0.0705 e. The van der Waals surface area contributed by atoms with Crippen molar-refractivity contribution in [3.8, 4) is 22.3 Å². The molecule has 0 saturated carbocycles. The van der Waals surface area contributed by atoms with Crippen molar-refractivity contribution in [2.75, 3.05) is 0 Å². The maximum Gasteiger partial charge on any atom is 0.0705 e. The van der Waals surface area contributed by atoms with Gasteiger partial charge in [-0.05, 0) is 68.1 Å². The van der Waals surface area contributed by atoms with Crippen molar-refractivity contribution in [2.24, 2.45) is 0 Å². The minimum atomic E-state index is 1.05. The van der Waals surface area contributed by atoms with E-state index in [1.807, 2.05) is 0 Å². The van der Waals surface area contributed by atoms with Crippen LogP contribution in [0.3, 0.4) is 0 Å². The lowest BCUT2D eigenvalue weighted by molar-refractivity contribution is 1.26. The van der Waals surface area contributed by atoms with E-state index in [0.717, 1.165) is 11.2 Å². The summed E-state index contributed by atoms with van der Waals surface area (Å²) >= 11 is 0. The first-order valence-electron chi connectivity index (χ1n) is 10.1. The quantitative estimate of drug-likeness (QED) is 0.272. The topological polar surface area (TPSA) is 12.9 Å². The Hall–Kier alpha value is -3.71. The molecule has 0 N–H and O–H groups in total. The number of nitrogens with zero attached hydrogens (tertiary/aromatic N) is 1. The van der Waals surface area contributed by atoms with Crippen LogP contribution >= 0.6 is 0 Å². The van der Waals surface area contributed by atoms with E-state index in [-0.39, 0.29) is 0 Å². The molecule has 134 valence electrons.